The molecule has 0 spiro atoms. The fourth-order valence-electron chi connectivity index (χ4n) is 2.90. The van der Waals surface area contributed by atoms with Crippen molar-refractivity contribution in [1.82, 2.24) is 10.0 Å². The Balaban J connectivity index is 1.51. The smallest absolute Gasteiger partial charge is 0.240 e. The molecule has 0 radical (unpaired) electrons. The molecule has 0 bridgehead atoms. The van der Waals surface area contributed by atoms with Gasteiger partial charge in [-0.15, -0.1) is 0 Å². The minimum absolute atomic E-state index is 0.0180. The van der Waals surface area contributed by atoms with Gasteiger partial charge in [-0.05, 0) is 43.2 Å². The van der Waals surface area contributed by atoms with Gasteiger partial charge in [0.25, 0.3) is 0 Å². The molecule has 2 aromatic rings. The molecule has 1 unspecified atom stereocenters. The molecule has 1 aromatic heterocycles. The van der Waals surface area contributed by atoms with Crippen molar-refractivity contribution in [2.24, 2.45) is 0 Å². The van der Waals surface area contributed by atoms with Crippen molar-refractivity contribution >= 4 is 15.9 Å². The quantitative estimate of drug-likeness (QED) is 0.821. The third-order valence-corrected chi connectivity index (χ3v) is 5.63. The van der Waals surface area contributed by atoms with E-state index in [2.05, 4.69) is 10.0 Å². The van der Waals surface area contributed by atoms with Gasteiger partial charge in [-0.2, -0.15) is 0 Å². The minimum Gasteiger partial charge on any atom is -0.469 e. The molecule has 1 aliphatic carbocycles. The third kappa shape index (κ3) is 4.26. The zero-order chi connectivity index (χ0) is 17.9. The number of sulfonamides is 1. The lowest BCUT2D eigenvalue weighted by molar-refractivity contribution is -0.121. The van der Waals surface area contributed by atoms with E-state index in [1.54, 1.807) is 6.26 Å². The zero-order valence-electron chi connectivity index (χ0n) is 13.5. The highest BCUT2D eigenvalue weighted by atomic mass is 32.2. The van der Waals surface area contributed by atoms with E-state index in [4.69, 9.17) is 4.42 Å². The summed E-state index contributed by atoms with van der Waals surface area (Å²) in [6.07, 6.45) is 4.27. The van der Waals surface area contributed by atoms with Crippen molar-refractivity contribution in [3.05, 3.63) is 53.7 Å². The monoisotopic (exact) mass is 366 g/mol. The van der Waals surface area contributed by atoms with Crippen molar-refractivity contribution in [2.45, 2.75) is 36.6 Å². The van der Waals surface area contributed by atoms with Crippen LogP contribution in [0.15, 0.2) is 45.9 Å². The first-order valence-corrected chi connectivity index (χ1v) is 9.55. The highest BCUT2D eigenvalue weighted by Crippen LogP contribution is 2.30. The number of carbonyl (C=O) groups is 1. The summed E-state index contributed by atoms with van der Waals surface area (Å²) in [7, 11) is -3.76. The maximum atomic E-state index is 12.9. The van der Waals surface area contributed by atoms with Crippen LogP contribution >= 0.6 is 0 Å². The molecule has 1 heterocycles. The summed E-state index contributed by atoms with van der Waals surface area (Å²) in [5.41, 5.74) is 0.992. The largest absolute Gasteiger partial charge is 0.469 e. The average molecular weight is 366 g/mol. The first-order valence-electron chi connectivity index (χ1n) is 8.06. The molecule has 0 saturated heterocycles. The molecule has 0 saturated carbocycles. The Kier molecular flexibility index (Phi) is 5.19. The molecule has 2 N–H and O–H groups in total. The van der Waals surface area contributed by atoms with E-state index < -0.39 is 15.8 Å². The van der Waals surface area contributed by atoms with Gasteiger partial charge in [-0.3, -0.25) is 4.79 Å². The number of aryl methyl sites for hydroxylation is 1. The highest BCUT2D eigenvalue weighted by molar-refractivity contribution is 7.89. The molecular formula is C17H19FN2O4S. The number of furan rings is 1. The second-order valence-corrected chi connectivity index (χ2v) is 7.68. The number of benzene rings is 1. The van der Waals surface area contributed by atoms with Crippen LogP contribution in [-0.4, -0.2) is 20.9 Å². The van der Waals surface area contributed by atoms with Crippen LogP contribution in [0.25, 0.3) is 0 Å². The normalized spacial score (nSPS) is 17.1. The first-order chi connectivity index (χ1) is 12.0. The topological polar surface area (TPSA) is 88.4 Å². The predicted octanol–water partition coefficient (Wildman–Crippen LogP) is 2.28. The van der Waals surface area contributed by atoms with Crippen LogP contribution in [0.4, 0.5) is 4.39 Å². The summed E-state index contributed by atoms with van der Waals surface area (Å²) in [5.74, 6) is 0.152. The van der Waals surface area contributed by atoms with Crippen LogP contribution in [0.2, 0.25) is 0 Å². The summed E-state index contributed by atoms with van der Waals surface area (Å²) in [6, 6.07) is 6.28. The lowest BCUT2D eigenvalue weighted by atomic mass is 9.93. The van der Waals surface area contributed by atoms with E-state index in [0.717, 1.165) is 42.7 Å². The SMILES string of the molecule is O=C(CCNS(=O)(=O)c1ccc(F)cc1)NC1CCCc2occc21. The average Bonchev–Trinajstić information content (AvgIpc) is 3.05. The molecule has 1 atom stereocenters. The van der Waals surface area contributed by atoms with Crippen molar-refractivity contribution in [1.29, 1.82) is 0 Å². The predicted molar refractivity (Wildman–Crippen MR) is 88.7 cm³/mol. The van der Waals surface area contributed by atoms with Crippen molar-refractivity contribution in [3.8, 4) is 0 Å². The summed E-state index contributed by atoms with van der Waals surface area (Å²) in [4.78, 5) is 12.0. The van der Waals surface area contributed by atoms with E-state index >= 15 is 0 Å². The van der Waals surface area contributed by atoms with Gasteiger partial charge in [0, 0.05) is 24.9 Å². The molecule has 1 aromatic carbocycles. The molecule has 1 aliphatic rings. The van der Waals surface area contributed by atoms with Gasteiger partial charge in [0.2, 0.25) is 15.9 Å². The maximum Gasteiger partial charge on any atom is 0.240 e. The Morgan fingerprint density at radius 3 is 2.76 bits per heavy atom. The Morgan fingerprint density at radius 2 is 2.00 bits per heavy atom. The van der Waals surface area contributed by atoms with Gasteiger partial charge in [-0.1, -0.05) is 0 Å². The second-order valence-electron chi connectivity index (χ2n) is 5.91. The molecule has 8 heteroatoms. The Hall–Kier alpha value is -2.19. The number of halogens is 1. The number of nitrogens with one attached hydrogen (secondary N) is 2. The number of carbonyl (C=O) groups excluding carboxylic acids is 1. The fraction of sp³-hybridized carbons (Fsp3) is 0.353. The molecule has 0 aliphatic heterocycles. The number of fused-ring (bicyclic) bond motifs is 1. The van der Waals surface area contributed by atoms with Gasteiger partial charge in [0.1, 0.15) is 11.6 Å². The summed E-state index contributed by atoms with van der Waals surface area (Å²) < 4.78 is 44.7. The van der Waals surface area contributed by atoms with Gasteiger partial charge >= 0.3 is 0 Å². The zero-order valence-corrected chi connectivity index (χ0v) is 14.3. The van der Waals surface area contributed by atoms with Gasteiger partial charge in [0.05, 0.1) is 17.2 Å². The standard InChI is InChI=1S/C17H19FN2O4S/c18-12-4-6-13(7-5-12)25(22,23)19-10-8-17(21)20-15-2-1-3-16-14(15)9-11-24-16/h4-7,9,11,15,19H,1-3,8,10H2,(H,20,21). The molecule has 134 valence electrons. The van der Waals surface area contributed by atoms with Crippen LogP contribution in [0.3, 0.4) is 0 Å². The highest BCUT2D eigenvalue weighted by Gasteiger charge is 2.24. The first kappa shape index (κ1) is 17.6. The number of hydrogen-bond donors (Lipinski definition) is 2. The van der Waals surface area contributed by atoms with Crippen molar-refractivity contribution in [2.75, 3.05) is 6.54 Å². The lowest BCUT2D eigenvalue weighted by Gasteiger charge is -2.22. The Labute approximate surface area is 145 Å². The second kappa shape index (κ2) is 7.37. The molecular weight excluding hydrogens is 347 g/mol. The van der Waals surface area contributed by atoms with E-state index in [-0.39, 0.29) is 29.8 Å². The van der Waals surface area contributed by atoms with Gasteiger partial charge in [-0.25, -0.2) is 17.5 Å². The number of hydrogen-bond acceptors (Lipinski definition) is 4. The van der Waals surface area contributed by atoms with Crippen LogP contribution in [-0.2, 0) is 21.2 Å². The van der Waals surface area contributed by atoms with Crippen LogP contribution in [0.1, 0.15) is 36.6 Å². The van der Waals surface area contributed by atoms with Gasteiger partial charge in [0.15, 0.2) is 0 Å². The third-order valence-electron chi connectivity index (χ3n) is 4.16. The van der Waals surface area contributed by atoms with Crippen molar-refractivity contribution in [3.63, 3.8) is 0 Å². The van der Waals surface area contributed by atoms with Crippen molar-refractivity contribution < 1.29 is 22.0 Å². The lowest BCUT2D eigenvalue weighted by Crippen LogP contribution is -2.34. The minimum atomic E-state index is -3.76. The molecule has 3 rings (SSSR count). The van der Waals surface area contributed by atoms with E-state index in [9.17, 15) is 17.6 Å². The molecule has 1 amide bonds. The molecule has 0 fully saturated rings. The molecule has 25 heavy (non-hydrogen) atoms. The van der Waals surface area contributed by atoms with Crippen LogP contribution in [0.5, 0.6) is 0 Å². The number of amides is 1. The van der Waals surface area contributed by atoms with E-state index in [1.807, 2.05) is 6.07 Å². The van der Waals surface area contributed by atoms with Crippen LogP contribution in [0, 0.1) is 5.82 Å². The molecule has 6 nitrogen and oxygen atoms in total. The van der Waals surface area contributed by atoms with E-state index in [1.165, 1.54) is 12.1 Å². The van der Waals surface area contributed by atoms with Crippen LogP contribution < -0.4 is 10.0 Å². The fourth-order valence-corrected chi connectivity index (χ4v) is 3.93. The summed E-state index contributed by atoms with van der Waals surface area (Å²) in [6.45, 7) is -0.0312. The Morgan fingerprint density at radius 1 is 1.24 bits per heavy atom. The summed E-state index contributed by atoms with van der Waals surface area (Å²) >= 11 is 0. The number of rotatable bonds is 6. The van der Waals surface area contributed by atoms with Gasteiger partial charge < -0.3 is 9.73 Å². The summed E-state index contributed by atoms with van der Waals surface area (Å²) in [5, 5.41) is 2.91. The maximum absolute atomic E-state index is 12.9. The van der Waals surface area contributed by atoms with E-state index in [0.29, 0.717) is 0 Å². The Bertz CT molecular complexity index is 846.